The van der Waals surface area contributed by atoms with Gasteiger partial charge in [0.25, 0.3) is 0 Å². The Balaban J connectivity index is 1.61. The van der Waals surface area contributed by atoms with Crippen molar-refractivity contribution in [1.29, 1.82) is 0 Å². The predicted molar refractivity (Wildman–Crippen MR) is 113 cm³/mol. The van der Waals surface area contributed by atoms with Gasteiger partial charge in [-0.2, -0.15) is 0 Å². The van der Waals surface area contributed by atoms with E-state index in [-0.39, 0.29) is 13.2 Å². The van der Waals surface area contributed by atoms with Crippen molar-refractivity contribution in [2.75, 3.05) is 6.61 Å². The molecule has 30 heavy (non-hydrogen) atoms. The van der Waals surface area contributed by atoms with Crippen LogP contribution in [-0.2, 0) is 27.3 Å². The number of hydrogen-bond donors (Lipinski definition) is 0. The zero-order valence-corrected chi connectivity index (χ0v) is 16.5. The highest BCUT2D eigenvalue weighted by molar-refractivity contribution is 5.83. The van der Waals surface area contributed by atoms with Gasteiger partial charge in [0.05, 0.1) is 6.04 Å². The van der Waals surface area contributed by atoms with Gasteiger partial charge in [0.15, 0.2) is 0 Å². The molecule has 5 nitrogen and oxygen atoms in total. The molecule has 1 fully saturated rings. The van der Waals surface area contributed by atoms with Crippen LogP contribution < -0.4 is 0 Å². The summed E-state index contributed by atoms with van der Waals surface area (Å²) in [6.07, 6.45) is -0.158. The van der Waals surface area contributed by atoms with Gasteiger partial charge in [0, 0.05) is 6.42 Å². The Kier molecular flexibility index (Phi) is 6.09. The van der Waals surface area contributed by atoms with E-state index in [1.807, 2.05) is 91.0 Å². The average Bonchev–Trinajstić information content (AvgIpc) is 2.80. The predicted octanol–water partition coefficient (Wildman–Crippen LogP) is 4.53. The van der Waals surface area contributed by atoms with Crippen molar-refractivity contribution in [2.24, 2.45) is 0 Å². The van der Waals surface area contributed by atoms with Gasteiger partial charge in [-0.3, -0.25) is 4.90 Å². The van der Waals surface area contributed by atoms with Crippen LogP contribution in [0.5, 0.6) is 0 Å². The lowest BCUT2D eigenvalue weighted by Crippen LogP contribution is -2.54. The van der Waals surface area contributed by atoms with Gasteiger partial charge in [-0.15, -0.1) is 0 Å². The lowest BCUT2D eigenvalue weighted by molar-refractivity contribution is -0.161. The van der Waals surface area contributed by atoms with E-state index in [9.17, 15) is 9.59 Å². The number of carbonyl (C=O) groups excluding carboxylic acids is 2. The quantitative estimate of drug-likeness (QED) is 0.589. The molecule has 0 unspecified atom stereocenters. The van der Waals surface area contributed by atoms with Crippen molar-refractivity contribution in [2.45, 2.75) is 25.1 Å². The summed E-state index contributed by atoms with van der Waals surface area (Å²) in [6.45, 7) is 0.249. The molecule has 2 atom stereocenters. The van der Waals surface area contributed by atoms with E-state index in [1.54, 1.807) is 0 Å². The second kappa shape index (κ2) is 9.27. The van der Waals surface area contributed by atoms with Gasteiger partial charge in [-0.25, -0.2) is 9.59 Å². The van der Waals surface area contributed by atoms with Crippen LogP contribution in [0.15, 0.2) is 91.0 Å². The van der Waals surface area contributed by atoms with Gasteiger partial charge in [0.1, 0.15) is 19.3 Å². The first-order valence-electron chi connectivity index (χ1n) is 9.97. The Morgan fingerprint density at radius 1 is 0.867 bits per heavy atom. The fourth-order valence-electron chi connectivity index (χ4n) is 3.67. The van der Waals surface area contributed by atoms with Crippen LogP contribution in [0.1, 0.15) is 22.7 Å². The van der Waals surface area contributed by atoms with Crippen molar-refractivity contribution in [3.05, 3.63) is 108 Å². The van der Waals surface area contributed by atoms with E-state index in [4.69, 9.17) is 9.47 Å². The Bertz CT molecular complexity index is 976. The largest absolute Gasteiger partial charge is 0.462 e. The lowest BCUT2D eigenvalue weighted by Gasteiger charge is -2.40. The van der Waals surface area contributed by atoms with Crippen LogP contribution in [0.3, 0.4) is 0 Å². The van der Waals surface area contributed by atoms with Crippen molar-refractivity contribution < 1.29 is 19.1 Å². The van der Waals surface area contributed by atoms with Gasteiger partial charge >= 0.3 is 12.1 Å². The first-order chi connectivity index (χ1) is 14.7. The van der Waals surface area contributed by atoms with E-state index >= 15 is 0 Å². The fourth-order valence-corrected chi connectivity index (χ4v) is 3.67. The smallest absolute Gasteiger partial charge is 0.411 e. The van der Waals surface area contributed by atoms with E-state index < -0.39 is 24.1 Å². The molecule has 5 heteroatoms. The summed E-state index contributed by atoms with van der Waals surface area (Å²) < 4.78 is 11.1. The molecule has 1 aliphatic rings. The summed E-state index contributed by atoms with van der Waals surface area (Å²) in [6, 6.07) is 27.5. The third-order valence-corrected chi connectivity index (χ3v) is 5.20. The summed E-state index contributed by atoms with van der Waals surface area (Å²) in [5.74, 6) is -0.414. The summed E-state index contributed by atoms with van der Waals surface area (Å²) in [4.78, 5) is 27.4. The molecule has 0 aliphatic carbocycles. The maximum atomic E-state index is 13.2. The number of esters is 1. The van der Waals surface area contributed by atoms with E-state index in [2.05, 4.69) is 0 Å². The van der Waals surface area contributed by atoms with Crippen molar-refractivity contribution in [3.63, 3.8) is 0 Å². The molecule has 0 radical (unpaired) electrons. The molecule has 0 N–H and O–H groups in total. The number of morpholine rings is 1. The number of nitrogens with zero attached hydrogens (tertiary/aromatic N) is 1. The van der Waals surface area contributed by atoms with Crippen LogP contribution in [0.25, 0.3) is 0 Å². The molecule has 1 amide bonds. The summed E-state index contributed by atoms with van der Waals surface area (Å²) in [5, 5.41) is 0. The summed E-state index contributed by atoms with van der Waals surface area (Å²) in [5.41, 5.74) is 2.75. The molecular weight excluding hydrogens is 378 g/mol. The zero-order chi connectivity index (χ0) is 20.8. The summed E-state index contributed by atoms with van der Waals surface area (Å²) in [7, 11) is 0. The molecule has 4 rings (SSSR count). The zero-order valence-electron chi connectivity index (χ0n) is 16.5. The minimum absolute atomic E-state index is 0.106. The summed E-state index contributed by atoms with van der Waals surface area (Å²) >= 11 is 0. The second-order valence-corrected chi connectivity index (χ2v) is 7.21. The molecule has 152 valence electrons. The first kappa shape index (κ1) is 19.7. The molecular formula is C25H23NO4. The molecule has 0 bridgehead atoms. The minimum Gasteiger partial charge on any atom is -0.462 e. The fraction of sp³-hybridized carbons (Fsp3) is 0.200. The topological polar surface area (TPSA) is 55.8 Å². The monoisotopic (exact) mass is 401 g/mol. The molecule has 3 aromatic rings. The van der Waals surface area contributed by atoms with Gasteiger partial charge < -0.3 is 9.47 Å². The SMILES string of the molecule is O=C1OC[C@H](c2ccccc2)N(C(=O)OCc2ccccc2)[C@H]1Cc1ccccc1. The minimum atomic E-state index is -0.755. The van der Waals surface area contributed by atoms with Crippen LogP contribution >= 0.6 is 0 Å². The van der Waals surface area contributed by atoms with Crippen molar-refractivity contribution >= 4 is 12.1 Å². The highest BCUT2D eigenvalue weighted by atomic mass is 16.6. The normalized spacial score (nSPS) is 18.5. The molecule has 1 aliphatic heterocycles. The molecule has 3 aromatic carbocycles. The maximum Gasteiger partial charge on any atom is 0.411 e. The molecule has 0 spiro atoms. The number of carbonyl (C=O) groups is 2. The average molecular weight is 401 g/mol. The van der Waals surface area contributed by atoms with E-state index in [0.717, 1.165) is 16.7 Å². The lowest BCUT2D eigenvalue weighted by atomic mass is 9.98. The highest BCUT2D eigenvalue weighted by Crippen LogP contribution is 2.30. The number of benzene rings is 3. The number of hydrogen-bond acceptors (Lipinski definition) is 4. The molecule has 0 saturated carbocycles. The Morgan fingerprint density at radius 3 is 2.07 bits per heavy atom. The third-order valence-electron chi connectivity index (χ3n) is 5.20. The van der Waals surface area contributed by atoms with Crippen LogP contribution in [0, 0.1) is 0 Å². The Hall–Kier alpha value is -3.60. The van der Waals surface area contributed by atoms with Crippen molar-refractivity contribution in [3.8, 4) is 0 Å². The molecule has 1 heterocycles. The van der Waals surface area contributed by atoms with E-state index in [0.29, 0.717) is 6.42 Å². The van der Waals surface area contributed by atoms with Crippen LogP contribution in [0.2, 0.25) is 0 Å². The maximum absolute atomic E-state index is 13.2. The van der Waals surface area contributed by atoms with Crippen LogP contribution in [0.4, 0.5) is 4.79 Å². The molecule has 0 aromatic heterocycles. The van der Waals surface area contributed by atoms with Gasteiger partial charge in [0.2, 0.25) is 0 Å². The Morgan fingerprint density at radius 2 is 1.43 bits per heavy atom. The van der Waals surface area contributed by atoms with Gasteiger partial charge in [-0.1, -0.05) is 91.0 Å². The highest BCUT2D eigenvalue weighted by Gasteiger charge is 2.42. The Labute approximate surface area is 175 Å². The second-order valence-electron chi connectivity index (χ2n) is 7.21. The van der Waals surface area contributed by atoms with Gasteiger partial charge in [-0.05, 0) is 16.7 Å². The standard InChI is InChI=1S/C25H23NO4/c27-24-22(16-19-10-4-1-5-11-19)26(23(18-29-24)21-14-8-3-9-15-21)25(28)30-17-20-12-6-2-7-13-20/h1-15,22-23H,16-18H2/t22-,23+/m0/s1. The number of ether oxygens (including phenoxy) is 2. The number of cyclic esters (lactones) is 1. The third kappa shape index (κ3) is 4.51. The number of rotatable bonds is 5. The van der Waals surface area contributed by atoms with Crippen LogP contribution in [-0.4, -0.2) is 29.6 Å². The van der Waals surface area contributed by atoms with Crippen molar-refractivity contribution in [1.82, 2.24) is 4.90 Å². The first-order valence-corrected chi connectivity index (χ1v) is 9.97. The molecule has 1 saturated heterocycles. The van der Waals surface area contributed by atoms with E-state index in [1.165, 1.54) is 4.90 Å². The number of amides is 1.